The first-order valence-electron chi connectivity index (χ1n) is 6.24. The Morgan fingerprint density at radius 3 is 2.16 bits per heavy atom. The van der Waals surface area contributed by atoms with Crippen LogP contribution >= 0.6 is 0 Å². The van der Waals surface area contributed by atoms with Gasteiger partial charge in [0, 0.05) is 12.6 Å². The van der Waals surface area contributed by atoms with Gasteiger partial charge in [-0.15, -0.1) is 0 Å². The number of likely N-dealkylation sites (tertiary alicyclic amines) is 1. The maximum absolute atomic E-state index is 13.4. The molecule has 0 spiro atoms. The van der Waals surface area contributed by atoms with Crippen molar-refractivity contribution >= 4 is 5.69 Å². The third-order valence-corrected chi connectivity index (χ3v) is 3.52. The second-order valence-electron chi connectivity index (χ2n) is 4.97. The molecule has 1 aromatic rings. The Balaban J connectivity index is 2.03. The van der Waals surface area contributed by atoms with Crippen molar-refractivity contribution in [3.8, 4) is 0 Å². The maximum Gasteiger partial charge on any atom is 0.185 e. The molecule has 1 aliphatic heterocycles. The Hall–Kier alpha value is -1.30. The SMILES string of the molecule is CN1CCC(CNc2c(F)c(F)cc(F)c2F)CC1. The molecule has 2 nitrogen and oxygen atoms in total. The molecule has 19 heavy (non-hydrogen) atoms. The number of halogens is 4. The highest BCUT2D eigenvalue weighted by molar-refractivity contribution is 5.47. The second kappa shape index (κ2) is 5.77. The van der Waals surface area contributed by atoms with Gasteiger partial charge in [0.2, 0.25) is 0 Å². The van der Waals surface area contributed by atoms with Gasteiger partial charge in [0.05, 0.1) is 0 Å². The summed E-state index contributed by atoms with van der Waals surface area (Å²) in [4.78, 5) is 2.17. The maximum atomic E-state index is 13.4. The van der Waals surface area contributed by atoms with Gasteiger partial charge in [0.1, 0.15) is 5.69 Å². The minimum absolute atomic E-state index is 0.214. The molecule has 1 aromatic carbocycles. The third-order valence-electron chi connectivity index (χ3n) is 3.52. The van der Waals surface area contributed by atoms with Crippen LogP contribution in [0.3, 0.4) is 0 Å². The number of nitrogens with one attached hydrogen (secondary N) is 1. The Labute approximate surface area is 109 Å². The van der Waals surface area contributed by atoms with Crippen LogP contribution in [0.5, 0.6) is 0 Å². The summed E-state index contributed by atoms with van der Waals surface area (Å²) in [6.07, 6.45) is 1.79. The van der Waals surface area contributed by atoms with Crippen molar-refractivity contribution in [2.45, 2.75) is 12.8 Å². The molecule has 106 valence electrons. The number of nitrogens with zero attached hydrogens (tertiary/aromatic N) is 1. The molecule has 0 amide bonds. The minimum Gasteiger partial charge on any atom is -0.380 e. The summed E-state index contributed by atoms with van der Waals surface area (Å²) in [5.41, 5.74) is -0.712. The highest BCUT2D eigenvalue weighted by atomic mass is 19.2. The van der Waals surface area contributed by atoms with Crippen molar-refractivity contribution in [1.82, 2.24) is 4.90 Å². The van der Waals surface area contributed by atoms with Crippen molar-refractivity contribution in [2.24, 2.45) is 5.92 Å². The van der Waals surface area contributed by atoms with Crippen LogP contribution < -0.4 is 5.32 Å². The molecule has 1 N–H and O–H groups in total. The number of anilines is 1. The van der Waals surface area contributed by atoms with E-state index in [1.54, 1.807) is 0 Å². The fraction of sp³-hybridized carbons (Fsp3) is 0.538. The number of piperidine rings is 1. The summed E-state index contributed by atoms with van der Waals surface area (Å²) in [5.74, 6) is -5.26. The molecule has 0 unspecified atom stereocenters. The predicted molar refractivity (Wildman–Crippen MR) is 65.0 cm³/mol. The lowest BCUT2D eigenvalue weighted by Gasteiger charge is -2.29. The zero-order valence-corrected chi connectivity index (χ0v) is 10.6. The van der Waals surface area contributed by atoms with E-state index in [0.29, 0.717) is 6.54 Å². The van der Waals surface area contributed by atoms with Crippen LogP contribution in [0.25, 0.3) is 0 Å². The normalized spacial score (nSPS) is 17.7. The molecule has 0 aromatic heterocycles. The van der Waals surface area contributed by atoms with E-state index < -0.39 is 29.0 Å². The average Bonchev–Trinajstić information content (AvgIpc) is 2.38. The largest absolute Gasteiger partial charge is 0.380 e. The number of hydrogen-bond donors (Lipinski definition) is 1. The van der Waals surface area contributed by atoms with Crippen molar-refractivity contribution in [2.75, 3.05) is 32.0 Å². The Kier molecular flexibility index (Phi) is 4.29. The summed E-state index contributed by atoms with van der Waals surface area (Å²) in [6.45, 7) is 2.13. The van der Waals surface area contributed by atoms with E-state index in [-0.39, 0.29) is 12.0 Å². The fourth-order valence-corrected chi connectivity index (χ4v) is 2.24. The monoisotopic (exact) mass is 276 g/mol. The summed E-state index contributed by atoms with van der Waals surface area (Å²) in [5, 5.41) is 2.50. The zero-order valence-electron chi connectivity index (χ0n) is 10.6. The van der Waals surface area contributed by atoms with E-state index in [1.807, 2.05) is 7.05 Å². The van der Waals surface area contributed by atoms with Crippen LogP contribution in [0.1, 0.15) is 12.8 Å². The quantitative estimate of drug-likeness (QED) is 0.674. The van der Waals surface area contributed by atoms with Gasteiger partial charge in [0.15, 0.2) is 23.3 Å². The number of benzene rings is 1. The van der Waals surface area contributed by atoms with Gasteiger partial charge >= 0.3 is 0 Å². The average molecular weight is 276 g/mol. The topological polar surface area (TPSA) is 15.3 Å². The summed E-state index contributed by atoms with van der Waals surface area (Å²) in [7, 11) is 2.00. The number of rotatable bonds is 3. The molecule has 0 saturated carbocycles. The first-order valence-corrected chi connectivity index (χ1v) is 6.24. The molecule has 1 aliphatic rings. The first-order chi connectivity index (χ1) is 8.99. The molecule has 0 bridgehead atoms. The summed E-state index contributed by atoms with van der Waals surface area (Å²) < 4.78 is 52.8. The van der Waals surface area contributed by atoms with E-state index in [1.165, 1.54) is 0 Å². The lowest BCUT2D eigenvalue weighted by molar-refractivity contribution is 0.226. The highest BCUT2D eigenvalue weighted by Gasteiger charge is 2.21. The molecule has 1 saturated heterocycles. The molecule has 2 rings (SSSR count). The lowest BCUT2D eigenvalue weighted by Crippen LogP contribution is -2.33. The summed E-state index contributed by atoms with van der Waals surface area (Å²) in [6, 6.07) is 0.214. The standard InChI is InChI=1S/C13H16F4N2/c1-19-4-2-8(3-5-19)7-18-13-11(16)9(14)6-10(15)12(13)17/h6,8,18H,2-5,7H2,1H3. The van der Waals surface area contributed by atoms with Crippen molar-refractivity contribution in [1.29, 1.82) is 0 Å². The van der Waals surface area contributed by atoms with Crippen LogP contribution in [0.4, 0.5) is 23.2 Å². The first kappa shape index (κ1) is 14.1. The van der Waals surface area contributed by atoms with Crippen LogP contribution in [-0.2, 0) is 0 Å². The van der Waals surface area contributed by atoms with Crippen molar-refractivity contribution in [3.05, 3.63) is 29.3 Å². The summed E-state index contributed by atoms with van der Waals surface area (Å²) >= 11 is 0. The molecule has 0 aliphatic carbocycles. The van der Waals surface area contributed by atoms with E-state index in [0.717, 1.165) is 25.9 Å². The van der Waals surface area contributed by atoms with Crippen molar-refractivity contribution < 1.29 is 17.6 Å². The van der Waals surface area contributed by atoms with Gasteiger partial charge in [-0.2, -0.15) is 0 Å². The molecule has 1 heterocycles. The van der Waals surface area contributed by atoms with Gasteiger partial charge in [-0.05, 0) is 38.9 Å². The third kappa shape index (κ3) is 3.18. The van der Waals surface area contributed by atoms with Gasteiger partial charge in [0.25, 0.3) is 0 Å². The van der Waals surface area contributed by atoms with Crippen LogP contribution in [0.2, 0.25) is 0 Å². The smallest absolute Gasteiger partial charge is 0.185 e. The molecule has 0 radical (unpaired) electrons. The van der Waals surface area contributed by atoms with Gasteiger partial charge < -0.3 is 10.2 Å². The van der Waals surface area contributed by atoms with Gasteiger partial charge in [-0.25, -0.2) is 17.6 Å². The fourth-order valence-electron chi connectivity index (χ4n) is 2.24. The highest BCUT2D eigenvalue weighted by Crippen LogP contribution is 2.25. The number of hydrogen-bond acceptors (Lipinski definition) is 2. The van der Waals surface area contributed by atoms with E-state index in [4.69, 9.17) is 0 Å². The van der Waals surface area contributed by atoms with E-state index >= 15 is 0 Å². The van der Waals surface area contributed by atoms with Gasteiger partial charge in [-0.3, -0.25) is 0 Å². The zero-order chi connectivity index (χ0) is 14.0. The van der Waals surface area contributed by atoms with Crippen LogP contribution in [0.15, 0.2) is 6.07 Å². The predicted octanol–water partition coefficient (Wildman–Crippen LogP) is 3.00. The molecular weight excluding hydrogens is 260 g/mol. The van der Waals surface area contributed by atoms with E-state index in [9.17, 15) is 17.6 Å². The van der Waals surface area contributed by atoms with Crippen molar-refractivity contribution in [3.63, 3.8) is 0 Å². The Morgan fingerprint density at radius 1 is 1.11 bits per heavy atom. The molecule has 6 heteroatoms. The molecule has 0 atom stereocenters. The second-order valence-corrected chi connectivity index (χ2v) is 4.97. The Morgan fingerprint density at radius 2 is 1.63 bits per heavy atom. The molecule has 1 fully saturated rings. The molecular formula is C13H16F4N2. The van der Waals surface area contributed by atoms with E-state index in [2.05, 4.69) is 10.2 Å². The lowest BCUT2D eigenvalue weighted by atomic mass is 9.97. The van der Waals surface area contributed by atoms with Crippen LogP contribution in [-0.4, -0.2) is 31.6 Å². The minimum atomic E-state index is -1.38. The Bertz CT molecular complexity index is 430. The van der Waals surface area contributed by atoms with Crippen LogP contribution in [0, 0.1) is 29.2 Å². The van der Waals surface area contributed by atoms with Gasteiger partial charge in [-0.1, -0.05) is 0 Å².